The average Bonchev–Trinajstić information content (AvgIpc) is 2.86. The summed E-state index contributed by atoms with van der Waals surface area (Å²) in [6, 6.07) is 9.64. The molecule has 4 nitrogen and oxygen atoms in total. The highest BCUT2D eigenvalue weighted by Gasteiger charge is 2.18. The Morgan fingerprint density at radius 2 is 2.04 bits per heavy atom. The smallest absolute Gasteiger partial charge is 0.267 e. The third kappa shape index (κ3) is 3.16. The molecule has 0 atom stereocenters. The van der Waals surface area contributed by atoms with Crippen LogP contribution in [0.25, 0.3) is 10.2 Å². The lowest BCUT2D eigenvalue weighted by Gasteiger charge is -2.08. The van der Waals surface area contributed by atoms with Gasteiger partial charge in [0.05, 0.1) is 5.69 Å². The molecule has 2 aromatic heterocycles. The van der Waals surface area contributed by atoms with Gasteiger partial charge in [-0.1, -0.05) is 29.8 Å². The number of hydrogen-bond acceptors (Lipinski definition) is 4. The van der Waals surface area contributed by atoms with Crippen molar-refractivity contribution in [2.45, 2.75) is 26.7 Å². The number of pyridine rings is 1. The van der Waals surface area contributed by atoms with Crippen LogP contribution in [0.5, 0.6) is 0 Å². The van der Waals surface area contributed by atoms with E-state index in [1.54, 1.807) is 0 Å². The van der Waals surface area contributed by atoms with Crippen LogP contribution in [-0.2, 0) is 0 Å². The molecule has 1 aromatic carbocycles. The van der Waals surface area contributed by atoms with Crippen LogP contribution >= 0.6 is 27.3 Å². The topological polar surface area (TPSA) is 68.0 Å². The fourth-order valence-electron chi connectivity index (χ4n) is 2.45. The van der Waals surface area contributed by atoms with Crippen molar-refractivity contribution in [3.8, 4) is 0 Å². The summed E-state index contributed by atoms with van der Waals surface area (Å²) in [5.41, 5.74) is 9.43. The molecule has 24 heavy (non-hydrogen) atoms. The van der Waals surface area contributed by atoms with Crippen LogP contribution in [0.15, 0.2) is 34.8 Å². The molecule has 0 fully saturated rings. The Bertz CT molecular complexity index is 933. The second-order valence-corrected chi connectivity index (χ2v) is 7.92. The summed E-state index contributed by atoms with van der Waals surface area (Å²) in [5, 5.41) is 3.77. The van der Waals surface area contributed by atoms with Crippen molar-refractivity contribution in [1.82, 2.24) is 4.98 Å². The Kier molecular flexibility index (Phi) is 4.60. The first-order valence-corrected chi connectivity index (χ1v) is 9.24. The number of thiophene rings is 1. The second-order valence-electron chi connectivity index (χ2n) is 6.00. The van der Waals surface area contributed by atoms with Crippen molar-refractivity contribution in [3.63, 3.8) is 0 Å². The molecule has 0 aliphatic heterocycles. The maximum atomic E-state index is 12.6. The number of hydrogen-bond donors (Lipinski definition) is 2. The average molecular weight is 404 g/mol. The molecule has 6 heteroatoms. The van der Waals surface area contributed by atoms with E-state index in [2.05, 4.69) is 40.1 Å². The number of nitrogens with zero attached hydrogens (tertiary/aromatic N) is 1. The maximum Gasteiger partial charge on any atom is 0.267 e. The lowest BCUT2D eigenvalue weighted by molar-refractivity contribution is 0.103. The van der Waals surface area contributed by atoms with Gasteiger partial charge in [-0.05, 0) is 48.7 Å². The van der Waals surface area contributed by atoms with Crippen LogP contribution in [0.1, 0.15) is 40.7 Å². The van der Waals surface area contributed by atoms with Gasteiger partial charge in [0.1, 0.15) is 9.71 Å². The molecule has 0 saturated carbocycles. The first-order valence-electron chi connectivity index (χ1n) is 7.63. The van der Waals surface area contributed by atoms with Gasteiger partial charge < -0.3 is 11.1 Å². The van der Waals surface area contributed by atoms with Crippen molar-refractivity contribution in [2.75, 3.05) is 11.1 Å². The molecule has 3 aromatic rings. The van der Waals surface area contributed by atoms with Gasteiger partial charge >= 0.3 is 0 Å². The number of carbonyl (C=O) groups is 1. The van der Waals surface area contributed by atoms with Crippen molar-refractivity contribution in [2.24, 2.45) is 0 Å². The van der Waals surface area contributed by atoms with Crippen LogP contribution in [0.4, 0.5) is 11.4 Å². The normalized spacial score (nSPS) is 11.2. The molecule has 2 heterocycles. The van der Waals surface area contributed by atoms with Crippen LogP contribution in [0, 0.1) is 6.92 Å². The zero-order valence-corrected chi connectivity index (χ0v) is 16.1. The Hall–Kier alpha value is -1.92. The number of nitrogens with one attached hydrogen (secondary N) is 1. The summed E-state index contributed by atoms with van der Waals surface area (Å²) in [6.45, 7) is 6.13. The van der Waals surface area contributed by atoms with E-state index in [1.807, 2.05) is 37.3 Å². The number of amides is 1. The summed E-state index contributed by atoms with van der Waals surface area (Å²) in [4.78, 5) is 18.6. The molecule has 0 unspecified atom stereocenters. The number of halogens is 1. The van der Waals surface area contributed by atoms with Crippen molar-refractivity contribution in [3.05, 3.63) is 50.9 Å². The van der Waals surface area contributed by atoms with Crippen molar-refractivity contribution >= 4 is 54.8 Å². The molecular weight excluding hydrogens is 386 g/mol. The van der Waals surface area contributed by atoms with E-state index >= 15 is 0 Å². The highest BCUT2D eigenvalue weighted by Crippen LogP contribution is 2.34. The van der Waals surface area contributed by atoms with Crippen LogP contribution in [0.3, 0.4) is 0 Å². The van der Waals surface area contributed by atoms with E-state index in [-0.39, 0.29) is 5.91 Å². The van der Waals surface area contributed by atoms with E-state index in [0.29, 0.717) is 16.5 Å². The Morgan fingerprint density at radius 1 is 1.29 bits per heavy atom. The molecule has 0 spiro atoms. The number of aromatic nitrogens is 1. The van der Waals surface area contributed by atoms with Crippen molar-refractivity contribution in [1.29, 1.82) is 0 Å². The molecule has 0 saturated heterocycles. The molecule has 0 radical (unpaired) electrons. The third-order valence-corrected chi connectivity index (χ3v) is 5.46. The minimum absolute atomic E-state index is 0.202. The number of aryl methyl sites for hydroxylation is 1. The van der Waals surface area contributed by atoms with Gasteiger partial charge in [-0.25, -0.2) is 4.98 Å². The number of nitrogen functional groups attached to an aromatic ring is 1. The number of benzene rings is 1. The standard InChI is InChI=1S/C18H18BrN3OS/c1-9(2)13-7-5-12-15(20)16(24-18(12)22-13)17(23)21-14-6-4-11(19)8-10(14)3/h4-9H,20H2,1-3H3,(H,21,23). The van der Waals surface area contributed by atoms with Gasteiger partial charge in [-0.2, -0.15) is 0 Å². The predicted octanol–water partition coefficient (Wildman–Crippen LogP) is 5.33. The summed E-state index contributed by atoms with van der Waals surface area (Å²) in [5.74, 6) is 0.132. The Labute approximate surface area is 153 Å². The summed E-state index contributed by atoms with van der Waals surface area (Å²) in [6.07, 6.45) is 0. The second kappa shape index (κ2) is 6.53. The molecular formula is C18H18BrN3OS. The summed E-state index contributed by atoms with van der Waals surface area (Å²) in [7, 11) is 0. The molecule has 0 bridgehead atoms. The SMILES string of the molecule is Cc1cc(Br)ccc1NC(=O)c1sc2nc(C(C)C)ccc2c1N. The number of rotatable bonds is 3. The molecule has 1 amide bonds. The number of fused-ring (bicyclic) bond motifs is 1. The Balaban J connectivity index is 1.96. The molecule has 124 valence electrons. The van der Waals surface area contributed by atoms with E-state index in [1.165, 1.54) is 11.3 Å². The molecule has 3 rings (SSSR count). The number of nitrogens with two attached hydrogens (primary N) is 1. The number of carbonyl (C=O) groups excluding carboxylic acids is 1. The maximum absolute atomic E-state index is 12.6. The molecule has 0 aliphatic rings. The van der Waals surface area contributed by atoms with E-state index in [4.69, 9.17) is 5.73 Å². The lowest BCUT2D eigenvalue weighted by atomic mass is 10.1. The zero-order valence-electron chi connectivity index (χ0n) is 13.7. The lowest BCUT2D eigenvalue weighted by Crippen LogP contribution is -2.12. The largest absolute Gasteiger partial charge is 0.397 e. The van der Waals surface area contributed by atoms with Crippen LogP contribution < -0.4 is 11.1 Å². The van der Waals surface area contributed by atoms with E-state index in [0.717, 1.165) is 31.6 Å². The zero-order chi connectivity index (χ0) is 17.4. The predicted molar refractivity (Wildman–Crippen MR) is 105 cm³/mol. The highest BCUT2D eigenvalue weighted by atomic mass is 79.9. The minimum atomic E-state index is -0.202. The monoisotopic (exact) mass is 403 g/mol. The fraction of sp³-hybridized carbons (Fsp3) is 0.222. The molecule has 0 aliphatic carbocycles. The first-order chi connectivity index (χ1) is 11.4. The number of anilines is 2. The van der Waals surface area contributed by atoms with E-state index < -0.39 is 0 Å². The van der Waals surface area contributed by atoms with Crippen LogP contribution in [0.2, 0.25) is 0 Å². The minimum Gasteiger partial charge on any atom is -0.397 e. The van der Waals surface area contributed by atoms with Gasteiger partial charge in [0, 0.05) is 21.2 Å². The van der Waals surface area contributed by atoms with Crippen molar-refractivity contribution < 1.29 is 4.79 Å². The summed E-state index contributed by atoms with van der Waals surface area (Å²) < 4.78 is 0.977. The van der Waals surface area contributed by atoms with Crippen LogP contribution in [-0.4, -0.2) is 10.9 Å². The van der Waals surface area contributed by atoms with Gasteiger partial charge in [0.2, 0.25) is 0 Å². The van der Waals surface area contributed by atoms with Gasteiger partial charge in [-0.3, -0.25) is 4.79 Å². The van der Waals surface area contributed by atoms with Gasteiger partial charge in [0.15, 0.2) is 0 Å². The highest BCUT2D eigenvalue weighted by molar-refractivity contribution is 9.10. The first kappa shape index (κ1) is 16.9. The third-order valence-electron chi connectivity index (χ3n) is 3.85. The van der Waals surface area contributed by atoms with E-state index in [9.17, 15) is 4.79 Å². The fourth-order valence-corrected chi connectivity index (χ4v) is 3.92. The molecule has 3 N–H and O–H groups in total. The van der Waals surface area contributed by atoms with Gasteiger partial charge in [0.25, 0.3) is 5.91 Å². The quantitative estimate of drug-likeness (QED) is 0.621. The summed E-state index contributed by atoms with van der Waals surface area (Å²) >= 11 is 4.76. The van der Waals surface area contributed by atoms with Gasteiger partial charge in [-0.15, -0.1) is 11.3 Å². The Morgan fingerprint density at radius 3 is 2.71 bits per heavy atom.